The molecule has 0 radical (unpaired) electrons. The van der Waals surface area contributed by atoms with E-state index >= 15 is 0 Å². The van der Waals surface area contributed by atoms with E-state index in [1.54, 1.807) is 6.20 Å². The van der Waals surface area contributed by atoms with Crippen molar-refractivity contribution in [2.75, 3.05) is 31.6 Å². The number of carbonyl (C=O) groups excluding carboxylic acids is 1. The van der Waals surface area contributed by atoms with Crippen LogP contribution in [0.25, 0.3) is 11.3 Å². The normalized spacial score (nSPS) is 16.1. The van der Waals surface area contributed by atoms with Crippen LogP contribution in [0.15, 0.2) is 71.8 Å². The molecular formula is C26H29ClN4O4S. The van der Waals surface area contributed by atoms with Crippen LogP contribution in [0.5, 0.6) is 5.75 Å². The van der Waals surface area contributed by atoms with Crippen LogP contribution in [0.4, 0.5) is 5.69 Å². The minimum absolute atomic E-state index is 0.0718. The number of aromatic nitrogens is 1. The second-order valence-corrected chi connectivity index (χ2v) is 10.8. The van der Waals surface area contributed by atoms with Gasteiger partial charge in [-0.25, -0.2) is 13.1 Å². The molecule has 1 saturated heterocycles. The zero-order valence-electron chi connectivity index (χ0n) is 20.0. The molecule has 0 unspecified atom stereocenters. The molecule has 0 spiro atoms. The average molecular weight is 529 g/mol. The van der Waals surface area contributed by atoms with Gasteiger partial charge in [-0.2, -0.15) is 0 Å². The van der Waals surface area contributed by atoms with E-state index in [0.29, 0.717) is 18.8 Å². The van der Waals surface area contributed by atoms with Crippen molar-refractivity contribution in [3.8, 4) is 17.0 Å². The highest BCUT2D eigenvalue weighted by atomic mass is 35.5. The number of likely N-dealkylation sites (tertiary alicyclic amines) is 1. The average Bonchev–Trinajstić information content (AvgIpc) is 3.30. The summed E-state index contributed by atoms with van der Waals surface area (Å²) < 4.78 is 34.3. The summed E-state index contributed by atoms with van der Waals surface area (Å²) in [6.07, 6.45) is 3.34. The van der Waals surface area contributed by atoms with Crippen LogP contribution in [0.2, 0.25) is 5.02 Å². The second kappa shape index (κ2) is 11.8. The molecular weight excluding hydrogens is 500 g/mol. The Labute approximate surface area is 216 Å². The van der Waals surface area contributed by atoms with E-state index in [-0.39, 0.29) is 21.9 Å². The quantitative estimate of drug-likeness (QED) is 0.383. The highest BCUT2D eigenvalue weighted by Gasteiger charge is 2.27. The van der Waals surface area contributed by atoms with Crippen molar-refractivity contribution in [2.45, 2.75) is 30.7 Å². The molecule has 1 atom stereocenters. The highest BCUT2D eigenvalue weighted by molar-refractivity contribution is 7.89. The molecule has 2 aromatic carbocycles. The third-order valence-electron chi connectivity index (χ3n) is 5.86. The van der Waals surface area contributed by atoms with Gasteiger partial charge >= 0.3 is 0 Å². The minimum Gasteiger partial charge on any atom is -0.494 e. The van der Waals surface area contributed by atoms with Crippen LogP contribution < -0.4 is 14.8 Å². The number of anilines is 1. The van der Waals surface area contributed by atoms with Gasteiger partial charge in [-0.3, -0.25) is 9.78 Å². The predicted octanol–water partition coefficient (Wildman–Crippen LogP) is 4.18. The van der Waals surface area contributed by atoms with Gasteiger partial charge in [-0.15, -0.1) is 0 Å². The summed E-state index contributed by atoms with van der Waals surface area (Å²) in [6.45, 7) is 4.21. The lowest BCUT2D eigenvalue weighted by atomic mass is 10.1. The fraction of sp³-hybridized carbons (Fsp3) is 0.308. The highest BCUT2D eigenvalue weighted by Crippen LogP contribution is 2.26. The summed E-state index contributed by atoms with van der Waals surface area (Å²) in [5.41, 5.74) is 2.34. The van der Waals surface area contributed by atoms with Gasteiger partial charge in [0, 0.05) is 37.8 Å². The first kappa shape index (κ1) is 26.1. The molecule has 36 heavy (non-hydrogen) atoms. The van der Waals surface area contributed by atoms with Gasteiger partial charge in [-0.1, -0.05) is 17.7 Å². The monoisotopic (exact) mass is 528 g/mol. The van der Waals surface area contributed by atoms with Crippen LogP contribution in [0.1, 0.15) is 19.8 Å². The van der Waals surface area contributed by atoms with Gasteiger partial charge in [0.25, 0.3) is 0 Å². The zero-order chi connectivity index (χ0) is 25.5. The molecule has 0 aliphatic carbocycles. The van der Waals surface area contributed by atoms with Crippen molar-refractivity contribution in [3.05, 3.63) is 71.9 Å². The van der Waals surface area contributed by atoms with Crippen LogP contribution in [0.3, 0.4) is 0 Å². The van der Waals surface area contributed by atoms with Gasteiger partial charge in [0.05, 0.1) is 27.9 Å². The van der Waals surface area contributed by atoms with Gasteiger partial charge in [0.2, 0.25) is 15.9 Å². The number of benzene rings is 2. The molecule has 0 saturated carbocycles. The van der Waals surface area contributed by atoms with Gasteiger partial charge in [-0.05, 0) is 74.0 Å². The first-order valence-electron chi connectivity index (χ1n) is 11.8. The minimum atomic E-state index is -3.72. The largest absolute Gasteiger partial charge is 0.494 e. The Kier molecular flexibility index (Phi) is 8.58. The van der Waals surface area contributed by atoms with Crippen LogP contribution in [0, 0.1) is 0 Å². The number of carbonyl (C=O) groups is 1. The summed E-state index contributed by atoms with van der Waals surface area (Å²) in [5, 5.41) is 2.74. The first-order chi connectivity index (χ1) is 17.3. The van der Waals surface area contributed by atoms with Gasteiger partial charge in [0.15, 0.2) is 0 Å². The van der Waals surface area contributed by atoms with Crippen molar-refractivity contribution < 1.29 is 17.9 Å². The maximum absolute atomic E-state index is 12.8. The molecule has 1 fully saturated rings. The maximum atomic E-state index is 12.8. The van der Waals surface area contributed by atoms with Crippen LogP contribution in [-0.4, -0.2) is 56.5 Å². The molecule has 2 heterocycles. The topological polar surface area (TPSA) is 101 Å². The Bertz CT molecular complexity index is 1290. The second-order valence-electron chi connectivity index (χ2n) is 8.67. The number of sulfonamides is 1. The molecule has 1 aliphatic rings. The Morgan fingerprint density at radius 2 is 1.97 bits per heavy atom. The molecule has 1 aliphatic heterocycles. The fourth-order valence-corrected chi connectivity index (χ4v) is 5.69. The Morgan fingerprint density at radius 1 is 1.17 bits per heavy atom. The predicted molar refractivity (Wildman–Crippen MR) is 141 cm³/mol. The third kappa shape index (κ3) is 7.04. The number of halogens is 1. The Balaban J connectivity index is 1.20. The summed E-state index contributed by atoms with van der Waals surface area (Å²) >= 11 is 6.14. The number of rotatable bonds is 10. The van der Waals surface area contributed by atoms with Crippen molar-refractivity contribution in [2.24, 2.45) is 0 Å². The van der Waals surface area contributed by atoms with E-state index in [1.165, 1.54) is 25.1 Å². The molecule has 3 aromatic rings. The summed E-state index contributed by atoms with van der Waals surface area (Å²) in [4.78, 5) is 17.9. The molecule has 4 rings (SSSR count). The van der Waals surface area contributed by atoms with E-state index in [1.807, 2.05) is 42.5 Å². The number of pyridine rings is 1. The van der Waals surface area contributed by atoms with Crippen LogP contribution >= 0.6 is 11.6 Å². The Morgan fingerprint density at radius 3 is 2.67 bits per heavy atom. The number of nitrogens with zero attached hydrogens (tertiary/aromatic N) is 2. The Hall–Kier alpha value is -2.98. The lowest BCUT2D eigenvalue weighted by Gasteiger charge is -2.17. The molecule has 8 nitrogen and oxygen atoms in total. The van der Waals surface area contributed by atoms with Crippen molar-refractivity contribution >= 4 is 33.2 Å². The van der Waals surface area contributed by atoms with E-state index in [9.17, 15) is 13.2 Å². The summed E-state index contributed by atoms with van der Waals surface area (Å²) in [7, 11) is -3.72. The van der Waals surface area contributed by atoms with Gasteiger partial charge in [0.1, 0.15) is 5.75 Å². The lowest BCUT2D eigenvalue weighted by Crippen LogP contribution is -2.37. The van der Waals surface area contributed by atoms with E-state index in [4.69, 9.17) is 16.3 Å². The summed E-state index contributed by atoms with van der Waals surface area (Å²) in [6, 6.07) is 17.8. The SMILES string of the molecule is CC(=O)Nc1ccc(S(=O)(=O)N[C@@H]2CCN(CCCOc3ccc(-c4ccccn4)cc3)C2)cc1Cl. The number of amides is 1. The molecule has 1 amide bonds. The standard InChI is InChI=1S/C26H29ClN4O4S/c1-19(32)29-26-11-10-23(17-24(26)27)36(33,34)30-21-12-15-31(18-21)14-4-16-35-22-8-6-20(7-9-22)25-5-2-3-13-28-25/h2-3,5-11,13,17,21,30H,4,12,14-16,18H2,1H3,(H,29,32)/t21-/m1/s1. The third-order valence-corrected chi connectivity index (χ3v) is 7.69. The maximum Gasteiger partial charge on any atom is 0.240 e. The number of nitrogens with one attached hydrogen (secondary N) is 2. The lowest BCUT2D eigenvalue weighted by molar-refractivity contribution is -0.114. The van der Waals surface area contributed by atoms with Crippen molar-refractivity contribution in [1.82, 2.24) is 14.6 Å². The molecule has 2 N–H and O–H groups in total. The van der Waals surface area contributed by atoms with E-state index < -0.39 is 10.0 Å². The molecule has 0 bridgehead atoms. The number of ether oxygens (including phenoxy) is 1. The van der Waals surface area contributed by atoms with Crippen molar-refractivity contribution in [1.29, 1.82) is 0 Å². The van der Waals surface area contributed by atoms with Crippen molar-refractivity contribution in [3.63, 3.8) is 0 Å². The first-order valence-corrected chi connectivity index (χ1v) is 13.6. The molecule has 10 heteroatoms. The number of hydrogen-bond acceptors (Lipinski definition) is 6. The smallest absolute Gasteiger partial charge is 0.240 e. The zero-order valence-corrected chi connectivity index (χ0v) is 21.6. The number of hydrogen-bond donors (Lipinski definition) is 2. The van der Waals surface area contributed by atoms with E-state index in [0.717, 1.165) is 42.9 Å². The van der Waals surface area contributed by atoms with Gasteiger partial charge < -0.3 is 15.0 Å². The summed E-state index contributed by atoms with van der Waals surface area (Å²) in [5.74, 6) is 0.533. The molecule has 1 aromatic heterocycles. The van der Waals surface area contributed by atoms with Crippen LogP contribution in [-0.2, 0) is 14.8 Å². The van der Waals surface area contributed by atoms with E-state index in [2.05, 4.69) is 19.9 Å². The molecule has 190 valence electrons. The fourth-order valence-electron chi connectivity index (χ4n) is 4.11.